The van der Waals surface area contributed by atoms with Crippen molar-refractivity contribution in [1.29, 1.82) is 0 Å². The number of aryl methyl sites for hydroxylation is 1. The fraction of sp³-hybridized carbons (Fsp3) is 0.522. The molecule has 2 fully saturated rings. The second-order valence-electron chi connectivity index (χ2n) is 9.36. The van der Waals surface area contributed by atoms with Crippen molar-refractivity contribution in [2.75, 3.05) is 31.1 Å². The Hall–Kier alpha value is -4.05. The minimum absolute atomic E-state index is 0.191. The largest absolute Gasteiger partial charge is 0.490 e. The number of para-hydroxylation sites is 1. The van der Waals surface area contributed by atoms with Crippen molar-refractivity contribution in [3.8, 4) is 11.6 Å². The Morgan fingerprint density at radius 1 is 1.10 bits per heavy atom. The zero-order valence-corrected chi connectivity index (χ0v) is 21.1. The lowest BCUT2D eigenvalue weighted by Gasteiger charge is -2.35. The quantitative estimate of drug-likeness (QED) is 0.450. The first-order valence-electron chi connectivity index (χ1n) is 12.2. The van der Waals surface area contributed by atoms with Crippen LogP contribution in [0.4, 0.5) is 37.2 Å². The molecule has 2 amide bonds. The normalized spacial score (nSPS) is 17.9. The number of amides is 2. The van der Waals surface area contributed by atoms with Gasteiger partial charge in [0.2, 0.25) is 11.7 Å². The number of piperazine rings is 1. The Bertz CT molecular complexity index is 1360. The van der Waals surface area contributed by atoms with Gasteiger partial charge in [-0.15, -0.1) is 0 Å². The predicted octanol–water partition coefficient (Wildman–Crippen LogP) is 3.81. The van der Waals surface area contributed by atoms with E-state index in [1.807, 2.05) is 4.90 Å². The Kier molecular flexibility index (Phi) is 8.11. The van der Waals surface area contributed by atoms with Crippen LogP contribution in [0.1, 0.15) is 25.7 Å². The topological polar surface area (TPSA) is 130 Å². The van der Waals surface area contributed by atoms with Gasteiger partial charge in [0.1, 0.15) is 5.52 Å². The van der Waals surface area contributed by atoms with E-state index in [-0.39, 0.29) is 49.1 Å². The van der Waals surface area contributed by atoms with Crippen molar-refractivity contribution in [2.24, 2.45) is 7.05 Å². The molecule has 1 saturated carbocycles. The molecule has 40 heavy (non-hydrogen) atoms. The molecule has 0 atom stereocenters. The zero-order chi connectivity index (χ0) is 29.2. The van der Waals surface area contributed by atoms with Gasteiger partial charge in [-0.1, -0.05) is 11.2 Å². The summed E-state index contributed by atoms with van der Waals surface area (Å²) in [6, 6.07) is 4.57. The van der Waals surface area contributed by atoms with Gasteiger partial charge in [0.25, 0.3) is 0 Å². The number of urea groups is 1. The molecule has 2 aliphatic rings. The number of carbonyl (C=O) groups excluding carboxylic acids is 1. The lowest BCUT2D eigenvalue weighted by molar-refractivity contribution is -0.192. The van der Waals surface area contributed by atoms with Gasteiger partial charge in [-0.05, 0) is 25.0 Å². The number of benzene rings is 1. The van der Waals surface area contributed by atoms with Gasteiger partial charge in [0.05, 0.1) is 5.52 Å². The molecule has 5 rings (SSSR count). The molecule has 2 N–H and O–H groups in total. The van der Waals surface area contributed by atoms with E-state index in [0.29, 0.717) is 43.5 Å². The van der Waals surface area contributed by atoms with Gasteiger partial charge in [-0.3, -0.25) is 0 Å². The molecule has 1 aliphatic heterocycles. The van der Waals surface area contributed by atoms with Crippen LogP contribution < -0.4 is 10.2 Å². The lowest BCUT2D eigenvalue weighted by Crippen LogP contribution is -2.54. The minimum atomic E-state index is -5.08. The maximum atomic E-state index is 14.1. The molecule has 3 aromatic rings. The van der Waals surface area contributed by atoms with Crippen molar-refractivity contribution in [2.45, 2.75) is 43.8 Å². The molecule has 3 heterocycles. The Labute approximate surface area is 222 Å². The van der Waals surface area contributed by atoms with Gasteiger partial charge < -0.3 is 29.3 Å². The van der Waals surface area contributed by atoms with Gasteiger partial charge in [-0.2, -0.15) is 18.2 Å². The number of carboxylic acid groups (broad SMARTS) is 1. The summed E-state index contributed by atoms with van der Waals surface area (Å²) < 4.78 is 79.5. The van der Waals surface area contributed by atoms with E-state index in [0.717, 1.165) is 0 Å². The summed E-state index contributed by atoms with van der Waals surface area (Å²) in [4.78, 5) is 33.7. The molecule has 1 aromatic carbocycles. The highest BCUT2D eigenvalue weighted by molar-refractivity contribution is 5.80. The summed E-state index contributed by atoms with van der Waals surface area (Å²) in [6.07, 6.45) is -4.89. The van der Waals surface area contributed by atoms with E-state index in [2.05, 4.69) is 20.4 Å². The zero-order valence-electron chi connectivity index (χ0n) is 21.1. The Morgan fingerprint density at radius 3 is 2.30 bits per heavy atom. The number of alkyl halides is 5. The van der Waals surface area contributed by atoms with Crippen LogP contribution in [0, 0.1) is 5.82 Å². The second kappa shape index (κ2) is 11.2. The summed E-state index contributed by atoms with van der Waals surface area (Å²) >= 11 is 0. The van der Waals surface area contributed by atoms with E-state index in [4.69, 9.17) is 14.4 Å². The molecule has 11 nitrogen and oxygen atoms in total. The van der Waals surface area contributed by atoms with Gasteiger partial charge in [0.15, 0.2) is 11.6 Å². The first-order chi connectivity index (χ1) is 18.7. The lowest BCUT2D eigenvalue weighted by atomic mass is 9.92. The van der Waals surface area contributed by atoms with E-state index in [1.165, 1.54) is 6.07 Å². The number of halogens is 6. The number of imidazole rings is 1. The number of nitrogens with zero attached hydrogens (tertiary/aromatic N) is 6. The average molecular weight is 577 g/mol. The van der Waals surface area contributed by atoms with Crippen molar-refractivity contribution < 1.29 is 45.6 Å². The van der Waals surface area contributed by atoms with Crippen LogP contribution >= 0.6 is 0 Å². The number of aliphatic carboxylic acids is 1. The van der Waals surface area contributed by atoms with Crippen molar-refractivity contribution >= 4 is 29.0 Å². The molecule has 17 heteroatoms. The highest BCUT2D eigenvalue weighted by Gasteiger charge is 2.38. The molecule has 218 valence electrons. The molecule has 1 aliphatic carbocycles. The third kappa shape index (κ3) is 6.56. The molecule has 0 radical (unpaired) electrons. The maximum Gasteiger partial charge on any atom is 0.490 e. The SMILES string of the molecule is Cn1c(-c2noc(N3CCN(C(=O)NC4CCC(F)(F)CC4)CC3)n2)nc2c(F)cccc21.O=C(O)C(F)(F)F. The molecule has 0 bridgehead atoms. The van der Waals surface area contributed by atoms with E-state index in [9.17, 15) is 31.1 Å². The van der Waals surface area contributed by atoms with Crippen LogP contribution in [-0.2, 0) is 11.8 Å². The third-order valence-corrected chi connectivity index (χ3v) is 6.60. The third-order valence-electron chi connectivity index (χ3n) is 6.60. The predicted molar refractivity (Wildman–Crippen MR) is 127 cm³/mol. The standard InChI is InChI=1S/C21H24F3N7O2.C2HF3O2/c1-29-15-4-2-3-14(22)16(15)26-18(29)17-27-20(33-28-17)31-11-9-30(10-12-31)19(32)25-13-5-7-21(23,24)8-6-13;3-2(4,5)1(6)7/h2-4,13H,5-12H2,1H3,(H,25,32);(H,6,7). The minimum Gasteiger partial charge on any atom is -0.475 e. The van der Waals surface area contributed by atoms with Gasteiger partial charge in [-0.25, -0.2) is 27.7 Å². The number of hydrogen-bond acceptors (Lipinski definition) is 7. The first-order valence-corrected chi connectivity index (χ1v) is 12.2. The van der Waals surface area contributed by atoms with Crippen LogP contribution in [0.2, 0.25) is 0 Å². The number of nitrogens with one attached hydrogen (secondary N) is 1. The van der Waals surface area contributed by atoms with Gasteiger partial charge in [0, 0.05) is 52.1 Å². The molecular weight excluding hydrogens is 552 g/mol. The van der Waals surface area contributed by atoms with Crippen LogP contribution in [0.3, 0.4) is 0 Å². The maximum absolute atomic E-state index is 14.1. The van der Waals surface area contributed by atoms with Crippen molar-refractivity contribution in [3.63, 3.8) is 0 Å². The van der Waals surface area contributed by atoms with E-state index in [1.54, 1.807) is 28.6 Å². The number of carbonyl (C=O) groups is 2. The fourth-order valence-electron chi connectivity index (χ4n) is 4.37. The fourth-order valence-corrected chi connectivity index (χ4v) is 4.37. The Morgan fingerprint density at radius 2 is 1.73 bits per heavy atom. The van der Waals surface area contributed by atoms with Crippen molar-refractivity contribution in [3.05, 3.63) is 24.0 Å². The molecular formula is C23H25F6N7O4. The molecule has 2 aromatic heterocycles. The number of hydrogen-bond donors (Lipinski definition) is 2. The summed E-state index contributed by atoms with van der Waals surface area (Å²) in [5.74, 6) is -5.16. The number of anilines is 1. The van der Waals surface area contributed by atoms with Gasteiger partial charge >= 0.3 is 24.2 Å². The highest BCUT2D eigenvalue weighted by Crippen LogP contribution is 2.33. The second-order valence-corrected chi connectivity index (χ2v) is 9.36. The first kappa shape index (κ1) is 28.9. The summed E-state index contributed by atoms with van der Waals surface area (Å²) in [6.45, 7) is 1.83. The number of fused-ring (bicyclic) bond motifs is 1. The monoisotopic (exact) mass is 577 g/mol. The highest BCUT2D eigenvalue weighted by atomic mass is 19.4. The summed E-state index contributed by atoms with van der Waals surface area (Å²) in [7, 11) is 1.75. The summed E-state index contributed by atoms with van der Waals surface area (Å²) in [5.41, 5.74) is 0.861. The summed E-state index contributed by atoms with van der Waals surface area (Å²) in [5, 5.41) is 14.0. The Balaban J connectivity index is 0.000000470. The molecule has 1 saturated heterocycles. The van der Waals surface area contributed by atoms with Crippen LogP contribution in [-0.4, -0.2) is 86.0 Å². The molecule has 0 unspecified atom stereocenters. The van der Waals surface area contributed by atoms with Crippen LogP contribution in [0.15, 0.2) is 22.7 Å². The average Bonchev–Trinajstić information content (AvgIpc) is 3.51. The number of rotatable bonds is 3. The van der Waals surface area contributed by atoms with E-state index >= 15 is 0 Å². The van der Waals surface area contributed by atoms with Crippen LogP contribution in [0.5, 0.6) is 0 Å². The van der Waals surface area contributed by atoms with E-state index < -0.39 is 23.9 Å². The smallest absolute Gasteiger partial charge is 0.475 e. The number of carboxylic acids is 1. The van der Waals surface area contributed by atoms with Crippen LogP contribution in [0.25, 0.3) is 22.7 Å². The number of aromatic nitrogens is 4. The molecule has 0 spiro atoms. The van der Waals surface area contributed by atoms with Crippen molar-refractivity contribution in [1.82, 2.24) is 29.9 Å².